The highest BCUT2D eigenvalue weighted by Gasteiger charge is 2.17. The molecule has 15 heavy (non-hydrogen) atoms. The first kappa shape index (κ1) is 10.9. The summed E-state index contributed by atoms with van der Waals surface area (Å²) in [5.74, 6) is -1.99. The lowest BCUT2D eigenvalue weighted by molar-refractivity contribution is -0.388. The van der Waals surface area contributed by atoms with Crippen molar-refractivity contribution in [1.29, 1.82) is 0 Å². The standard InChI is InChI=1S/C8H6FNO5/c1-5(11)14-15-8-4-6(9)2-3-7(8)10(12)13/h2-4H,1H3. The van der Waals surface area contributed by atoms with E-state index in [-0.39, 0.29) is 0 Å². The third kappa shape index (κ3) is 2.90. The van der Waals surface area contributed by atoms with E-state index in [4.69, 9.17) is 0 Å². The predicted octanol–water partition coefficient (Wildman–Crippen LogP) is 1.59. The highest BCUT2D eigenvalue weighted by atomic mass is 19.1. The average Bonchev–Trinajstić information content (AvgIpc) is 2.14. The minimum absolute atomic E-state index is 0.463. The van der Waals surface area contributed by atoms with Crippen LogP contribution in [0.15, 0.2) is 18.2 Å². The number of nitro groups is 1. The number of hydrogen-bond donors (Lipinski definition) is 0. The second-order valence-corrected chi connectivity index (χ2v) is 2.53. The molecule has 0 unspecified atom stereocenters. The maximum atomic E-state index is 12.7. The number of nitrogens with zero attached hydrogens (tertiary/aromatic N) is 1. The van der Waals surface area contributed by atoms with Gasteiger partial charge in [-0.05, 0) is 6.07 Å². The summed E-state index contributed by atoms with van der Waals surface area (Å²) < 4.78 is 12.7. The molecule has 0 aliphatic rings. The monoisotopic (exact) mass is 215 g/mol. The van der Waals surface area contributed by atoms with Crippen LogP contribution in [0.3, 0.4) is 0 Å². The molecule has 1 rings (SSSR count). The molecule has 0 saturated carbocycles. The normalized spacial score (nSPS) is 9.47. The number of nitro benzene ring substituents is 1. The minimum Gasteiger partial charge on any atom is -0.279 e. The van der Waals surface area contributed by atoms with Crippen LogP contribution in [-0.2, 0) is 9.68 Å². The first-order chi connectivity index (χ1) is 7.00. The van der Waals surface area contributed by atoms with Crippen LogP contribution in [-0.4, -0.2) is 10.9 Å². The number of hydrogen-bond acceptors (Lipinski definition) is 5. The number of benzene rings is 1. The van der Waals surface area contributed by atoms with E-state index in [9.17, 15) is 19.3 Å². The van der Waals surface area contributed by atoms with E-state index < -0.39 is 28.1 Å². The molecule has 1 aromatic rings. The van der Waals surface area contributed by atoms with Gasteiger partial charge in [-0.15, -0.1) is 0 Å². The van der Waals surface area contributed by atoms with Crippen molar-refractivity contribution >= 4 is 11.7 Å². The summed E-state index contributed by atoms with van der Waals surface area (Å²) in [4.78, 5) is 28.4. The molecule has 0 aliphatic carbocycles. The molecule has 0 N–H and O–H groups in total. The first-order valence-electron chi connectivity index (χ1n) is 3.79. The summed E-state index contributed by atoms with van der Waals surface area (Å²) in [6.45, 7) is 1.05. The molecule has 1 aromatic carbocycles. The number of carbonyl (C=O) groups excluding carboxylic acids is 1. The van der Waals surface area contributed by atoms with Gasteiger partial charge in [-0.3, -0.25) is 19.9 Å². The molecule has 0 radical (unpaired) electrons. The Hall–Kier alpha value is -2.18. The van der Waals surface area contributed by atoms with E-state index >= 15 is 0 Å². The lowest BCUT2D eigenvalue weighted by Gasteiger charge is -2.02. The number of carbonyl (C=O) groups is 1. The van der Waals surface area contributed by atoms with Crippen molar-refractivity contribution in [1.82, 2.24) is 0 Å². The van der Waals surface area contributed by atoms with E-state index in [0.717, 1.165) is 25.1 Å². The molecule has 0 spiro atoms. The summed E-state index contributed by atoms with van der Waals surface area (Å²) in [5, 5.41) is 10.4. The van der Waals surface area contributed by atoms with Crippen LogP contribution < -0.4 is 4.89 Å². The molecular formula is C8H6FNO5. The Balaban J connectivity index is 2.96. The van der Waals surface area contributed by atoms with E-state index in [2.05, 4.69) is 9.78 Å². The molecule has 80 valence electrons. The van der Waals surface area contributed by atoms with Gasteiger partial charge < -0.3 is 0 Å². The molecule has 6 nitrogen and oxygen atoms in total. The Morgan fingerprint density at radius 1 is 1.53 bits per heavy atom. The first-order valence-corrected chi connectivity index (χ1v) is 3.79. The summed E-state index contributed by atoms with van der Waals surface area (Å²) in [6, 6.07) is 2.56. The van der Waals surface area contributed by atoms with Gasteiger partial charge >= 0.3 is 11.7 Å². The average molecular weight is 215 g/mol. The second-order valence-electron chi connectivity index (χ2n) is 2.53. The second kappa shape index (κ2) is 4.36. The van der Waals surface area contributed by atoms with E-state index in [0.29, 0.717) is 0 Å². The van der Waals surface area contributed by atoms with Crippen molar-refractivity contribution in [2.45, 2.75) is 6.92 Å². The molecule has 0 atom stereocenters. The molecule has 7 heteroatoms. The molecule has 0 aliphatic heterocycles. The van der Waals surface area contributed by atoms with Crippen LogP contribution >= 0.6 is 0 Å². The highest BCUT2D eigenvalue weighted by molar-refractivity contribution is 5.65. The largest absolute Gasteiger partial charge is 0.352 e. The van der Waals surface area contributed by atoms with Crippen LogP contribution in [0.4, 0.5) is 10.1 Å². The summed E-state index contributed by atoms with van der Waals surface area (Å²) in [5.41, 5.74) is -0.488. The van der Waals surface area contributed by atoms with Crippen LogP contribution in [0.5, 0.6) is 5.75 Å². The van der Waals surface area contributed by atoms with Crippen molar-refractivity contribution in [3.05, 3.63) is 34.1 Å². The van der Waals surface area contributed by atoms with Gasteiger partial charge in [0.2, 0.25) is 0 Å². The summed E-state index contributed by atoms with van der Waals surface area (Å²) in [7, 11) is 0. The van der Waals surface area contributed by atoms with Gasteiger partial charge in [0.05, 0.1) is 4.92 Å². The smallest absolute Gasteiger partial charge is 0.279 e. The molecular weight excluding hydrogens is 209 g/mol. The Labute approximate surface area is 83.3 Å². The number of rotatable bonds is 3. The Morgan fingerprint density at radius 2 is 2.20 bits per heavy atom. The van der Waals surface area contributed by atoms with Crippen molar-refractivity contribution in [2.24, 2.45) is 0 Å². The van der Waals surface area contributed by atoms with Crippen LogP contribution in [0.1, 0.15) is 6.92 Å². The molecule has 0 amide bonds. The van der Waals surface area contributed by atoms with Gasteiger partial charge in [-0.2, -0.15) is 0 Å². The van der Waals surface area contributed by atoms with Crippen molar-refractivity contribution in [3.8, 4) is 5.75 Å². The fourth-order valence-corrected chi connectivity index (χ4v) is 0.809. The minimum atomic E-state index is -0.798. The van der Waals surface area contributed by atoms with Gasteiger partial charge in [-0.1, -0.05) is 0 Å². The third-order valence-corrected chi connectivity index (χ3v) is 1.37. The summed E-state index contributed by atoms with van der Waals surface area (Å²) >= 11 is 0. The zero-order chi connectivity index (χ0) is 11.4. The lowest BCUT2D eigenvalue weighted by atomic mass is 10.3. The third-order valence-electron chi connectivity index (χ3n) is 1.37. The van der Waals surface area contributed by atoms with Crippen molar-refractivity contribution < 1.29 is 23.9 Å². The molecule has 0 fully saturated rings. The van der Waals surface area contributed by atoms with Gasteiger partial charge in [0.25, 0.3) is 5.75 Å². The molecule has 0 heterocycles. The van der Waals surface area contributed by atoms with Gasteiger partial charge in [-0.25, -0.2) is 9.18 Å². The number of halogens is 1. The quantitative estimate of drug-likeness (QED) is 0.434. The van der Waals surface area contributed by atoms with Crippen molar-refractivity contribution in [3.63, 3.8) is 0 Å². The fraction of sp³-hybridized carbons (Fsp3) is 0.125. The lowest BCUT2D eigenvalue weighted by Crippen LogP contribution is -2.04. The van der Waals surface area contributed by atoms with Gasteiger partial charge in [0, 0.05) is 19.1 Å². The molecule has 0 aromatic heterocycles. The van der Waals surface area contributed by atoms with Crippen LogP contribution in [0, 0.1) is 15.9 Å². The molecule has 0 bridgehead atoms. The SMILES string of the molecule is CC(=O)OOc1cc(F)ccc1[N+](=O)[O-]. The van der Waals surface area contributed by atoms with Crippen LogP contribution in [0.2, 0.25) is 0 Å². The Bertz CT molecular complexity index is 406. The Morgan fingerprint density at radius 3 is 2.73 bits per heavy atom. The Kier molecular flexibility index (Phi) is 3.17. The fourth-order valence-electron chi connectivity index (χ4n) is 0.809. The highest BCUT2D eigenvalue weighted by Crippen LogP contribution is 2.27. The maximum Gasteiger partial charge on any atom is 0.352 e. The van der Waals surface area contributed by atoms with Gasteiger partial charge in [0.15, 0.2) is 0 Å². The maximum absolute atomic E-state index is 12.7. The van der Waals surface area contributed by atoms with E-state index in [1.54, 1.807) is 0 Å². The van der Waals surface area contributed by atoms with Crippen LogP contribution in [0.25, 0.3) is 0 Å². The van der Waals surface area contributed by atoms with Crippen molar-refractivity contribution in [2.75, 3.05) is 0 Å². The zero-order valence-electron chi connectivity index (χ0n) is 7.60. The topological polar surface area (TPSA) is 78.7 Å². The zero-order valence-corrected chi connectivity index (χ0v) is 7.60. The summed E-state index contributed by atoms with van der Waals surface area (Å²) in [6.07, 6.45) is 0. The van der Waals surface area contributed by atoms with E-state index in [1.165, 1.54) is 0 Å². The predicted molar refractivity (Wildman–Crippen MR) is 45.4 cm³/mol. The van der Waals surface area contributed by atoms with Gasteiger partial charge in [0.1, 0.15) is 5.82 Å². The van der Waals surface area contributed by atoms with E-state index in [1.807, 2.05) is 0 Å². The molecule has 0 saturated heterocycles.